The zero-order chi connectivity index (χ0) is 21.8. The first kappa shape index (κ1) is 21.2. The molecule has 1 aliphatic heterocycles. The van der Waals surface area contributed by atoms with Crippen LogP contribution in [0.4, 0.5) is 0 Å². The molecule has 0 bridgehead atoms. The number of aromatic nitrogens is 3. The summed E-state index contributed by atoms with van der Waals surface area (Å²) in [5.74, 6) is 2.33. The number of hydrogen-bond acceptors (Lipinski definition) is 5. The number of aryl methyl sites for hydroxylation is 4. The average Bonchev–Trinajstić information content (AvgIpc) is 3.40. The number of hydrogen-bond donors (Lipinski definition) is 0. The molecule has 0 aliphatic carbocycles. The Balaban J connectivity index is 1.39. The number of ether oxygens (including phenoxy) is 1. The summed E-state index contributed by atoms with van der Waals surface area (Å²) in [7, 11) is 0. The zero-order valence-corrected chi connectivity index (χ0v) is 18.5. The summed E-state index contributed by atoms with van der Waals surface area (Å²) in [6, 6.07) is 7.95. The van der Waals surface area contributed by atoms with Gasteiger partial charge in [0.25, 0.3) is 5.91 Å². The summed E-state index contributed by atoms with van der Waals surface area (Å²) in [6.07, 6.45) is 7.89. The number of piperidine rings is 1. The van der Waals surface area contributed by atoms with Crippen LogP contribution in [-0.4, -0.2) is 38.1 Å². The van der Waals surface area contributed by atoms with Gasteiger partial charge in [0.2, 0.25) is 0 Å². The van der Waals surface area contributed by atoms with Crippen molar-refractivity contribution in [2.75, 3.05) is 6.54 Å². The molecule has 2 aromatic heterocycles. The van der Waals surface area contributed by atoms with Gasteiger partial charge in [-0.1, -0.05) is 23.4 Å². The fourth-order valence-electron chi connectivity index (χ4n) is 4.30. The number of para-hydroxylation sites is 1. The van der Waals surface area contributed by atoms with Crippen molar-refractivity contribution < 1.29 is 14.1 Å². The molecule has 7 nitrogen and oxygen atoms in total. The molecule has 0 N–H and O–H groups in total. The summed E-state index contributed by atoms with van der Waals surface area (Å²) in [5, 5.41) is 4.05. The number of likely N-dealkylation sites (tertiary alicyclic amines) is 1. The number of nitrogens with zero attached hydrogens (tertiary/aromatic N) is 4. The van der Waals surface area contributed by atoms with Crippen LogP contribution >= 0.6 is 0 Å². The zero-order valence-electron chi connectivity index (χ0n) is 18.5. The van der Waals surface area contributed by atoms with Gasteiger partial charge in [0, 0.05) is 37.6 Å². The van der Waals surface area contributed by atoms with E-state index in [1.54, 1.807) is 6.07 Å². The second kappa shape index (κ2) is 9.37. The topological polar surface area (TPSA) is 73.4 Å². The van der Waals surface area contributed by atoms with Crippen LogP contribution in [0.5, 0.6) is 5.75 Å². The maximum absolute atomic E-state index is 13.2. The molecule has 3 heterocycles. The summed E-state index contributed by atoms with van der Waals surface area (Å²) < 4.78 is 13.5. The van der Waals surface area contributed by atoms with Gasteiger partial charge in [-0.05, 0) is 57.6 Å². The van der Waals surface area contributed by atoms with Crippen LogP contribution in [0.1, 0.15) is 58.9 Å². The van der Waals surface area contributed by atoms with Gasteiger partial charge in [-0.25, -0.2) is 4.98 Å². The lowest BCUT2D eigenvalue weighted by molar-refractivity contribution is 0.0584. The molecular weight excluding hydrogens is 392 g/mol. The number of imidazole rings is 1. The minimum Gasteiger partial charge on any atom is -0.485 e. The fraction of sp³-hybridized carbons (Fsp3) is 0.458. The van der Waals surface area contributed by atoms with E-state index in [4.69, 9.17) is 9.26 Å². The maximum Gasteiger partial charge on any atom is 0.276 e. The van der Waals surface area contributed by atoms with Gasteiger partial charge in [0.1, 0.15) is 18.2 Å². The smallest absolute Gasteiger partial charge is 0.276 e. The van der Waals surface area contributed by atoms with Crippen molar-refractivity contribution in [3.63, 3.8) is 0 Å². The molecule has 1 amide bonds. The first-order valence-corrected chi connectivity index (χ1v) is 11.0. The Hall–Kier alpha value is -3.09. The van der Waals surface area contributed by atoms with Crippen molar-refractivity contribution >= 4 is 5.91 Å². The van der Waals surface area contributed by atoms with Gasteiger partial charge in [-0.15, -0.1) is 0 Å². The van der Waals surface area contributed by atoms with E-state index < -0.39 is 0 Å². The highest BCUT2D eigenvalue weighted by Crippen LogP contribution is 2.25. The Kier molecular flexibility index (Phi) is 6.39. The molecule has 31 heavy (non-hydrogen) atoms. The van der Waals surface area contributed by atoms with E-state index in [1.807, 2.05) is 56.3 Å². The van der Waals surface area contributed by atoms with E-state index >= 15 is 0 Å². The van der Waals surface area contributed by atoms with Gasteiger partial charge in [0.05, 0.1) is 0 Å². The average molecular weight is 423 g/mol. The monoisotopic (exact) mass is 422 g/mol. The first-order valence-electron chi connectivity index (χ1n) is 11.0. The van der Waals surface area contributed by atoms with E-state index in [0.717, 1.165) is 61.5 Å². The molecule has 0 saturated carbocycles. The third-order valence-electron chi connectivity index (χ3n) is 6.06. The number of benzene rings is 1. The van der Waals surface area contributed by atoms with E-state index in [0.29, 0.717) is 11.5 Å². The van der Waals surface area contributed by atoms with E-state index in [-0.39, 0.29) is 18.6 Å². The highest BCUT2D eigenvalue weighted by molar-refractivity contribution is 5.92. The van der Waals surface area contributed by atoms with Crippen molar-refractivity contribution in [2.24, 2.45) is 0 Å². The third kappa shape index (κ3) is 4.81. The molecule has 1 atom stereocenters. The Morgan fingerprint density at radius 2 is 2.03 bits per heavy atom. The predicted molar refractivity (Wildman–Crippen MR) is 117 cm³/mol. The highest BCUT2D eigenvalue weighted by Gasteiger charge is 2.29. The Morgan fingerprint density at radius 3 is 2.77 bits per heavy atom. The van der Waals surface area contributed by atoms with Gasteiger partial charge in [-0.2, -0.15) is 0 Å². The Morgan fingerprint density at radius 1 is 1.23 bits per heavy atom. The van der Waals surface area contributed by atoms with Crippen LogP contribution in [0.15, 0.2) is 41.2 Å². The van der Waals surface area contributed by atoms with Gasteiger partial charge < -0.3 is 18.7 Å². The van der Waals surface area contributed by atoms with Crippen LogP contribution in [0, 0.1) is 20.8 Å². The molecule has 1 saturated heterocycles. The molecule has 164 valence electrons. The summed E-state index contributed by atoms with van der Waals surface area (Å²) in [4.78, 5) is 19.4. The molecule has 1 fully saturated rings. The summed E-state index contributed by atoms with van der Waals surface area (Å²) in [6.45, 7) is 7.89. The van der Waals surface area contributed by atoms with Crippen LogP contribution in [0.25, 0.3) is 0 Å². The predicted octanol–water partition coefficient (Wildman–Crippen LogP) is 4.46. The molecule has 7 heteroatoms. The van der Waals surface area contributed by atoms with Crippen molar-refractivity contribution in [3.8, 4) is 5.75 Å². The maximum atomic E-state index is 13.2. The summed E-state index contributed by atoms with van der Waals surface area (Å²) >= 11 is 0. The molecule has 0 spiro atoms. The lowest BCUT2D eigenvalue weighted by Crippen LogP contribution is -2.44. The van der Waals surface area contributed by atoms with Crippen molar-refractivity contribution in [1.82, 2.24) is 19.6 Å². The largest absolute Gasteiger partial charge is 0.485 e. The first-order chi connectivity index (χ1) is 15.0. The van der Waals surface area contributed by atoms with E-state index in [2.05, 4.69) is 14.7 Å². The molecule has 3 aromatic rings. The fourth-order valence-corrected chi connectivity index (χ4v) is 4.30. The molecule has 1 aliphatic rings. The van der Waals surface area contributed by atoms with Crippen LogP contribution in [-0.2, 0) is 13.2 Å². The number of amides is 1. The lowest BCUT2D eigenvalue weighted by Gasteiger charge is -2.35. The van der Waals surface area contributed by atoms with Crippen molar-refractivity contribution in [3.05, 3.63) is 65.1 Å². The minimum absolute atomic E-state index is 0.0610. The standard InChI is InChI=1S/C24H30N4O3/c1-17-7-6-8-18(2)23(17)30-16-21-15-22(26-31-21)24(29)28-12-5-4-9-20(28)10-13-27-14-11-25-19(27)3/h6-8,11,14-15,20H,4-5,9-10,12-13,16H2,1-3H3/t20-/m0/s1. The third-order valence-corrected chi connectivity index (χ3v) is 6.06. The quantitative estimate of drug-likeness (QED) is 0.562. The molecule has 4 rings (SSSR count). The Bertz CT molecular complexity index is 1020. The number of carbonyl (C=O) groups is 1. The van der Waals surface area contributed by atoms with Gasteiger partial charge in [-0.3, -0.25) is 4.79 Å². The van der Waals surface area contributed by atoms with E-state index in [1.165, 1.54) is 0 Å². The molecule has 0 unspecified atom stereocenters. The molecular formula is C24H30N4O3. The summed E-state index contributed by atoms with van der Waals surface area (Å²) in [5.41, 5.74) is 2.49. The van der Waals surface area contributed by atoms with Gasteiger partial charge >= 0.3 is 0 Å². The lowest BCUT2D eigenvalue weighted by atomic mass is 9.98. The van der Waals surface area contributed by atoms with E-state index in [9.17, 15) is 4.79 Å². The SMILES string of the molecule is Cc1cccc(C)c1OCc1cc(C(=O)N2CCCC[C@H]2CCn2ccnc2C)no1. The van der Waals surface area contributed by atoms with Crippen molar-refractivity contribution in [2.45, 2.75) is 65.6 Å². The van der Waals surface area contributed by atoms with Crippen LogP contribution in [0.3, 0.4) is 0 Å². The molecule has 1 aromatic carbocycles. The number of carbonyl (C=O) groups excluding carboxylic acids is 1. The second-order valence-electron chi connectivity index (χ2n) is 8.29. The highest BCUT2D eigenvalue weighted by atomic mass is 16.5. The Labute approximate surface area is 183 Å². The van der Waals surface area contributed by atoms with Crippen LogP contribution < -0.4 is 4.74 Å². The minimum atomic E-state index is -0.0610. The number of rotatable bonds is 7. The van der Waals surface area contributed by atoms with Gasteiger partial charge in [0.15, 0.2) is 11.5 Å². The normalized spacial score (nSPS) is 16.5. The second-order valence-corrected chi connectivity index (χ2v) is 8.29. The molecule has 0 radical (unpaired) electrons. The van der Waals surface area contributed by atoms with Crippen LogP contribution in [0.2, 0.25) is 0 Å². The van der Waals surface area contributed by atoms with Crippen molar-refractivity contribution in [1.29, 1.82) is 0 Å².